The van der Waals surface area contributed by atoms with Gasteiger partial charge in [-0.3, -0.25) is 24.9 Å². The van der Waals surface area contributed by atoms with Crippen molar-refractivity contribution in [2.24, 2.45) is 11.7 Å². The van der Waals surface area contributed by atoms with Crippen LogP contribution in [-0.4, -0.2) is 40.4 Å². The number of nitrogens with two attached hydrogens (primary N) is 1. The van der Waals surface area contributed by atoms with Gasteiger partial charge in [0.1, 0.15) is 18.4 Å². The summed E-state index contributed by atoms with van der Waals surface area (Å²) in [7, 11) is 0. The summed E-state index contributed by atoms with van der Waals surface area (Å²) in [6.07, 6.45) is 1.33. The standard InChI is InChI=1S/C33H36N6O4/c1-22(2)31(41)42-20-26-18-19-27(43-26)38-21-35-28-29(40)36-32(34)39(30(28)38)37-33(23-12-6-3-7-13-23,24-14-8-4-9-15-24)25-16-10-5-11-17-25/h3-17,21-22,26-27,32,37H,18-20,34H2,1-2H3,(H,36,40)/t26-,27+,32?/m0/s1. The van der Waals surface area contributed by atoms with Gasteiger partial charge in [0.25, 0.3) is 5.91 Å². The zero-order chi connectivity index (χ0) is 30.0. The number of esters is 1. The van der Waals surface area contributed by atoms with Crippen LogP contribution in [0, 0.1) is 5.92 Å². The molecule has 0 aliphatic carbocycles. The van der Waals surface area contributed by atoms with Gasteiger partial charge < -0.3 is 14.8 Å². The predicted octanol–water partition coefficient (Wildman–Crippen LogP) is 4.05. The second-order valence-corrected chi connectivity index (χ2v) is 11.1. The van der Waals surface area contributed by atoms with E-state index < -0.39 is 18.1 Å². The van der Waals surface area contributed by atoms with Crippen molar-refractivity contribution in [3.8, 4) is 0 Å². The lowest BCUT2D eigenvalue weighted by Gasteiger charge is -2.45. The second-order valence-electron chi connectivity index (χ2n) is 11.1. The molecule has 4 N–H and O–H groups in total. The Balaban J connectivity index is 1.42. The van der Waals surface area contributed by atoms with Crippen molar-refractivity contribution in [1.29, 1.82) is 0 Å². The van der Waals surface area contributed by atoms with Crippen molar-refractivity contribution in [2.75, 3.05) is 11.6 Å². The molecule has 0 spiro atoms. The van der Waals surface area contributed by atoms with Crippen molar-refractivity contribution >= 4 is 17.7 Å². The van der Waals surface area contributed by atoms with Gasteiger partial charge in [-0.05, 0) is 29.5 Å². The molecular formula is C33H36N6O4. The maximum Gasteiger partial charge on any atom is 0.308 e. The Kier molecular flexibility index (Phi) is 7.98. The lowest BCUT2D eigenvalue weighted by molar-refractivity contribution is -0.152. The minimum atomic E-state index is -0.921. The highest BCUT2D eigenvalue weighted by atomic mass is 16.6. The van der Waals surface area contributed by atoms with Gasteiger partial charge in [-0.15, -0.1) is 0 Å². The van der Waals surface area contributed by atoms with Gasteiger partial charge in [0.2, 0.25) is 0 Å². The van der Waals surface area contributed by atoms with Crippen LogP contribution in [0.5, 0.6) is 0 Å². The number of aromatic nitrogens is 2. The Morgan fingerprint density at radius 1 is 1.00 bits per heavy atom. The van der Waals surface area contributed by atoms with E-state index >= 15 is 0 Å². The number of hydrogen-bond donors (Lipinski definition) is 3. The average molecular weight is 581 g/mol. The van der Waals surface area contributed by atoms with E-state index in [-0.39, 0.29) is 36.2 Å². The van der Waals surface area contributed by atoms with Crippen LogP contribution in [0.4, 0.5) is 5.82 Å². The first-order valence-electron chi connectivity index (χ1n) is 14.6. The molecule has 10 nitrogen and oxygen atoms in total. The number of carbonyl (C=O) groups excluding carboxylic acids is 2. The highest BCUT2D eigenvalue weighted by molar-refractivity contribution is 5.99. The van der Waals surface area contributed by atoms with Crippen molar-refractivity contribution < 1.29 is 19.1 Å². The molecule has 2 aliphatic rings. The van der Waals surface area contributed by atoms with E-state index in [1.807, 2.05) is 59.2 Å². The largest absolute Gasteiger partial charge is 0.463 e. The number of hydrazine groups is 1. The quantitative estimate of drug-likeness (QED) is 0.200. The van der Waals surface area contributed by atoms with Crippen LogP contribution in [0.2, 0.25) is 0 Å². The van der Waals surface area contributed by atoms with Gasteiger partial charge >= 0.3 is 5.97 Å². The topological polar surface area (TPSA) is 124 Å². The monoisotopic (exact) mass is 580 g/mol. The second kappa shape index (κ2) is 12.0. The molecule has 222 valence electrons. The first kappa shape index (κ1) is 28.6. The first-order chi connectivity index (χ1) is 20.9. The molecule has 4 aromatic rings. The number of anilines is 1. The molecule has 1 unspecified atom stereocenters. The molecule has 2 aliphatic heterocycles. The van der Waals surface area contributed by atoms with Gasteiger partial charge in [0.15, 0.2) is 17.8 Å². The highest BCUT2D eigenvalue weighted by Gasteiger charge is 2.44. The summed E-state index contributed by atoms with van der Waals surface area (Å²) >= 11 is 0. The number of hydrogen-bond acceptors (Lipinski definition) is 8. The van der Waals surface area contributed by atoms with Crippen molar-refractivity contribution in [3.05, 3.63) is 120 Å². The van der Waals surface area contributed by atoms with Crippen LogP contribution < -0.4 is 21.5 Å². The Morgan fingerprint density at radius 3 is 2.09 bits per heavy atom. The number of benzene rings is 3. The highest BCUT2D eigenvalue weighted by Crippen LogP contribution is 2.40. The van der Waals surface area contributed by atoms with Gasteiger partial charge in [0, 0.05) is 0 Å². The summed E-state index contributed by atoms with van der Waals surface area (Å²) in [5, 5.41) is 4.62. The smallest absolute Gasteiger partial charge is 0.308 e. The molecule has 1 amide bonds. The maximum absolute atomic E-state index is 13.1. The summed E-state index contributed by atoms with van der Waals surface area (Å²) in [4.78, 5) is 29.7. The van der Waals surface area contributed by atoms with Crippen LogP contribution in [-0.2, 0) is 19.8 Å². The number of imidazole rings is 1. The summed E-state index contributed by atoms with van der Waals surface area (Å²) in [5.74, 6) is -0.349. The molecule has 10 heteroatoms. The Labute approximate surface area is 250 Å². The van der Waals surface area contributed by atoms with Crippen LogP contribution in [0.25, 0.3) is 0 Å². The molecule has 3 atom stereocenters. The Morgan fingerprint density at radius 2 is 1.56 bits per heavy atom. The minimum absolute atomic E-state index is 0.172. The van der Waals surface area contributed by atoms with Crippen molar-refractivity contribution in [3.63, 3.8) is 0 Å². The third-order valence-corrected chi connectivity index (χ3v) is 7.95. The number of carbonyl (C=O) groups is 2. The van der Waals surface area contributed by atoms with E-state index in [1.54, 1.807) is 25.2 Å². The molecule has 3 aromatic carbocycles. The zero-order valence-electron chi connectivity index (χ0n) is 24.2. The van der Waals surface area contributed by atoms with E-state index in [1.165, 1.54) is 0 Å². The predicted molar refractivity (Wildman–Crippen MR) is 161 cm³/mol. The fourth-order valence-corrected chi connectivity index (χ4v) is 5.78. The Hall–Kier alpha value is -4.51. The number of nitrogens with one attached hydrogen (secondary N) is 2. The third-order valence-electron chi connectivity index (χ3n) is 7.95. The van der Waals surface area contributed by atoms with E-state index in [4.69, 9.17) is 15.2 Å². The van der Waals surface area contributed by atoms with Crippen molar-refractivity contribution in [2.45, 2.75) is 50.8 Å². The zero-order valence-corrected chi connectivity index (χ0v) is 24.2. The molecule has 43 heavy (non-hydrogen) atoms. The average Bonchev–Trinajstić information content (AvgIpc) is 3.69. The van der Waals surface area contributed by atoms with Crippen LogP contribution in [0.3, 0.4) is 0 Å². The molecular weight excluding hydrogens is 544 g/mol. The van der Waals surface area contributed by atoms with Crippen LogP contribution >= 0.6 is 0 Å². The number of nitrogens with zero attached hydrogens (tertiary/aromatic N) is 3. The molecule has 0 radical (unpaired) electrons. The number of fused-ring (bicyclic) bond motifs is 1. The fraction of sp³-hybridized carbons (Fsp3) is 0.303. The summed E-state index contributed by atoms with van der Waals surface area (Å²) < 4.78 is 13.6. The molecule has 1 fully saturated rings. The van der Waals surface area contributed by atoms with Gasteiger partial charge in [-0.1, -0.05) is 105 Å². The summed E-state index contributed by atoms with van der Waals surface area (Å²) in [6, 6.07) is 30.4. The van der Waals surface area contributed by atoms with Crippen LogP contribution in [0.15, 0.2) is 97.3 Å². The van der Waals surface area contributed by atoms with E-state index in [2.05, 4.69) is 52.1 Å². The number of rotatable bonds is 9. The van der Waals surface area contributed by atoms with E-state index in [0.717, 1.165) is 16.7 Å². The van der Waals surface area contributed by atoms with Crippen LogP contribution in [0.1, 0.15) is 60.1 Å². The Bertz CT molecular complexity index is 1460. The van der Waals surface area contributed by atoms with Gasteiger partial charge in [0.05, 0.1) is 18.3 Å². The summed E-state index contributed by atoms with van der Waals surface area (Å²) in [6.45, 7) is 3.77. The molecule has 3 heterocycles. The molecule has 6 rings (SSSR count). The molecule has 0 saturated carbocycles. The normalized spacial score (nSPS) is 20.1. The maximum atomic E-state index is 13.1. The van der Waals surface area contributed by atoms with Gasteiger partial charge in [-0.25, -0.2) is 10.4 Å². The third kappa shape index (κ3) is 5.40. The molecule has 0 bridgehead atoms. The van der Waals surface area contributed by atoms with E-state index in [0.29, 0.717) is 18.7 Å². The molecule has 1 aromatic heterocycles. The number of ether oxygens (including phenoxy) is 2. The minimum Gasteiger partial charge on any atom is -0.463 e. The fourth-order valence-electron chi connectivity index (χ4n) is 5.78. The molecule has 1 saturated heterocycles. The van der Waals surface area contributed by atoms with Gasteiger partial charge in [-0.2, -0.15) is 0 Å². The number of amides is 1. The van der Waals surface area contributed by atoms with Crippen molar-refractivity contribution in [1.82, 2.24) is 20.3 Å². The lowest BCUT2D eigenvalue weighted by Crippen LogP contribution is -2.67. The summed E-state index contributed by atoms with van der Waals surface area (Å²) in [5.41, 5.74) is 12.7. The van der Waals surface area contributed by atoms with E-state index in [9.17, 15) is 9.59 Å². The first-order valence-corrected chi connectivity index (χ1v) is 14.6. The lowest BCUT2D eigenvalue weighted by atomic mass is 9.77. The SMILES string of the molecule is CC(C)C(=O)OC[C@@H]1CC[C@H](n2cnc3c2N(NC(c2ccccc2)(c2ccccc2)c2ccccc2)C(N)NC3=O)O1.